The van der Waals surface area contributed by atoms with Crippen LogP contribution in [0.1, 0.15) is 62.4 Å². The Balaban J connectivity index is 0.000000972. The molecule has 2 aliphatic rings. The van der Waals surface area contributed by atoms with Crippen LogP contribution in [0.4, 0.5) is 19.0 Å². The van der Waals surface area contributed by atoms with Crippen molar-refractivity contribution < 1.29 is 23.4 Å². The van der Waals surface area contributed by atoms with E-state index in [1.165, 1.54) is 31.7 Å². The standard InChI is InChI=1S/C28H34F3N7.2CH4O/c1-37(12-3-2-4-25-35-23-10-6-19(28(29,30)31)15-24(23)36-25)16-18-5-9-21(14-18)38-13-11-22-26(34-20-7-8-20)32-17-33-27(22)38;2*1-2/h6,10-11,13,15,17-18,20-21H,2-5,7-9,12,14,16H2,1H3,(H,35,36)(H,32,33,34);2*2H,1H3/t18-,21+;;/m1../s1. The number of hydrogen-bond donors (Lipinski definition) is 4. The summed E-state index contributed by atoms with van der Waals surface area (Å²) < 4.78 is 41.2. The first kappa shape index (κ1) is 31.7. The zero-order chi connectivity index (χ0) is 30.3. The summed E-state index contributed by atoms with van der Waals surface area (Å²) in [5, 5.41) is 18.6. The molecule has 0 saturated heterocycles. The van der Waals surface area contributed by atoms with Gasteiger partial charge in [0.05, 0.1) is 22.0 Å². The van der Waals surface area contributed by atoms with E-state index >= 15 is 0 Å². The molecule has 9 nitrogen and oxygen atoms in total. The van der Waals surface area contributed by atoms with Crippen LogP contribution in [0.3, 0.4) is 0 Å². The maximum Gasteiger partial charge on any atom is 0.416 e. The molecule has 0 bridgehead atoms. The predicted molar refractivity (Wildman–Crippen MR) is 158 cm³/mol. The summed E-state index contributed by atoms with van der Waals surface area (Å²) in [6, 6.07) is 6.85. The Labute approximate surface area is 244 Å². The predicted octanol–water partition coefficient (Wildman–Crippen LogP) is 5.41. The fourth-order valence-electron chi connectivity index (χ4n) is 5.83. The van der Waals surface area contributed by atoms with Crippen molar-refractivity contribution in [3.63, 3.8) is 0 Å². The molecular formula is C30H42F3N7O2. The van der Waals surface area contributed by atoms with Crippen LogP contribution < -0.4 is 5.32 Å². The minimum Gasteiger partial charge on any atom is -0.400 e. The van der Waals surface area contributed by atoms with Gasteiger partial charge in [-0.2, -0.15) is 13.2 Å². The molecule has 6 rings (SSSR count). The molecule has 0 aliphatic heterocycles. The molecule has 3 aromatic heterocycles. The van der Waals surface area contributed by atoms with Crippen LogP contribution >= 0.6 is 0 Å². The molecule has 3 heterocycles. The Hall–Kier alpha value is -3.22. The highest BCUT2D eigenvalue weighted by molar-refractivity contribution is 5.87. The summed E-state index contributed by atoms with van der Waals surface area (Å²) in [6.45, 7) is 2.07. The molecule has 2 saturated carbocycles. The number of nitrogens with zero attached hydrogens (tertiary/aromatic N) is 5. The number of aliphatic hydroxyl groups is 2. The third-order valence-electron chi connectivity index (χ3n) is 7.97. The largest absolute Gasteiger partial charge is 0.416 e. The number of fused-ring (bicyclic) bond motifs is 2. The fraction of sp³-hybridized carbons (Fsp3) is 0.567. The number of unbranched alkanes of at least 4 members (excludes halogenated alkanes) is 1. The van der Waals surface area contributed by atoms with Gasteiger partial charge in [-0.05, 0) is 88.7 Å². The van der Waals surface area contributed by atoms with Crippen LogP contribution in [-0.4, -0.2) is 80.0 Å². The summed E-state index contributed by atoms with van der Waals surface area (Å²) in [4.78, 5) is 19.0. The van der Waals surface area contributed by atoms with E-state index in [1.807, 2.05) is 0 Å². The van der Waals surface area contributed by atoms with Gasteiger partial charge in [-0.15, -0.1) is 0 Å². The van der Waals surface area contributed by atoms with Gasteiger partial charge < -0.3 is 30.0 Å². The average molecular weight is 590 g/mol. The van der Waals surface area contributed by atoms with Crippen LogP contribution in [-0.2, 0) is 12.6 Å². The van der Waals surface area contributed by atoms with Gasteiger partial charge in [-0.3, -0.25) is 0 Å². The van der Waals surface area contributed by atoms with E-state index in [4.69, 9.17) is 10.2 Å². The molecular weight excluding hydrogens is 547 g/mol. The van der Waals surface area contributed by atoms with Gasteiger partial charge in [-0.1, -0.05) is 0 Å². The summed E-state index contributed by atoms with van der Waals surface area (Å²) in [5.74, 6) is 2.37. The molecule has 0 radical (unpaired) electrons. The maximum absolute atomic E-state index is 13.0. The Morgan fingerprint density at radius 2 is 1.83 bits per heavy atom. The van der Waals surface area contributed by atoms with E-state index in [1.54, 1.807) is 6.33 Å². The first-order valence-electron chi connectivity index (χ1n) is 14.6. The summed E-state index contributed by atoms with van der Waals surface area (Å²) in [7, 11) is 4.18. The quantitative estimate of drug-likeness (QED) is 0.183. The van der Waals surface area contributed by atoms with Gasteiger partial charge in [0.1, 0.15) is 23.6 Å². The van der Waals surface area contributed by atoms with Gasteiger partial charge in [-0.25, -0.2) is 15.0 Å². The molecule has 4 N–H and O–H groups in total. The number of aryl methyl sites for hydroxylation is 1. The second kappa shape index (κ2) is 14.3. The summed E-state index contributed by atoms with van der Waals surface area (Å²) in [5.41, 5.74) is 1.41. The van der Waals surface area contributed by atoms with E-state index in [9.17, 15) is 13.2 Å². The Bertz CT molecular complexity index is 1420. The highest BCUT2D eigenvalue weighted by Crippen LogP contribution is 2.38. The van der Waals surface area contributed by atoms with E-state index in [0.717, 1.165) is 87.8 Å². The van der Waals surface area contributed by atoms with Crippen LogP contribution in [0, 0.1) is 5.92 Å². The zero-order valence-electron chi connectivity index (χ0n) is 24.5. The number of benzene rings is 1. The first-order valence-corrected chi connectivity index (χ1v) is 14.6. The SMILES string of the molecule is CN(CCCCc1nc2ccc(C(F)(F)F)cc2[nH]1)C[C@@H]1CC[C@H](n2ccc3c(NC4CC4)ncnc32)C1.CO.CO. The topological polar surface area (TPSA) is 115 Å². The minimum absolute atomic E-state index is 0.445. The van der Waals surface area contributed by atoms with Crippen molar-refractivity contribution in [2.45, 2.75) is 69.6 Å². The van der Waals surface area contributed by atoms with Crippen molar-refractivity contribution in [3.8, 4) is 0 Å². The third-order valence-corrected chi connectivity index (χ3v) is 7.97. The lowest BCUT2D eigenvalue weighted by Crippen LogP contribution is -2.26. The lowest BCUT2D eigenvalue weighted by atomic mass is 10.1. The third kappa shape index (κ3) is 7.78. The van der Waals surface area contributed by atoms with E-state index in [-0.39, 0.29) is 0 Å². The monoisotopic (exact) mass is 589 g/mol. The molecule has 0 unspecified atom stereocenters. The molecule has 0 spiro atoms. The lowest BCUT2D eigenvalue weighted by molar-refractivity contribution is -0.137. The van der Waals surface area contributed by atoms with Crippen LogP contribution in [0.15, 0.2) is 36.8 Å². The van der Waals surface area contributed by atoms with Gasteiger partial charge in [0.2, 0.25) is 0 Å². The lowest BCUT2D eigenvalue weighted by Gasteiger charge is -2.21. The number of aliphatic hydroxyl groups excluding tert-OH is 2. The number of imidazole rings is 1. The molecule has 42 heavy (non-hydrogen) atoms. The normalized spacial score (nSPS) is 18.6. The minimum atomic E-state index is -4.34. The number of alkyl halides is 3. The van der Waals surface area contributed by atoms with E-state index < -0.39 is 11.7 Å². The molecule has 12 heteroatoms. The van der Waals surface area contributed by atoms with Gasteiger partial charge in [0.25, 0.3) is 0 Å². The molecule has 2 aliphatic carbocycles. The van der Waals surface area contributed by atoms with Crippen molar-refractivity contribution in [2.24, 2.45) is 5.92 Å². The Kier molecular flexibility index (Phi) is 10.8. The zero-order valence-corrected chi connectivity index (χ0v) is 24.5. The second-order valence-corrected chi connectivity index (χ2v) is 11.1. The van der Waals surface area contributed by atoms with Crippen LogP contribution in [0.2, 0.25) is 0 Å². The van der Waals surface area contributed by atoms with Crippen molar-refractivity contribution in [1.29, 1.82) is 0 Å². The van der Waals surface area contributed by atoms with Gasteiger partial charge in [0, 0.05) is 45.5 Å². The van der Waals surface area contributed by atoms with Crippen molar-refractivity contribution >= 4 is 27.9 Å². The maximum atomic E-state index is 13.0. The average Bonchev–Trinajstić information content (AvgIpc) is 3.35. The van der Waals surface area contributed by atoms with Crippen molar-refractivity contribution in [3.05, 3.63) is 48.2 Å². The number of anilines is 1. The smallest absolute Gasteiger partial charge is 0.400 e. The highest BCUT2D eigenvalue weighted by atomic mass is 19.4. The number of nitrogens with one attached hydrogen (secondary N) is 2. The van der Waals surface area contributed by atoms with Crippen LogP contribution in [0.5, 0.6) is 0 Å². The van der Waals surface area contributed by atoms with Gasteiger partial charge >= 0.3 is 6.18 Å². The molecule has 4 aromatic rings. The molecule has 2 fully saturated rings. The number of aromatic amines is 1. The summed E-state index contributed by atoms with van der Waals surface area (Å²) in [6.07, 6.45) is 8.17. The second-order valence-electron chi connectivity index (χ2n) is 11.1. The van der Waals surface area contributed by atoms with E-state index in [0.29, 0.717) is 29.0 Å². The Morgan fingerprint density at radius 3 is 2.57 bits per heavy atom. The molecule has 2 atom stereocenters. The number of hydrogen-bond acceptors (Lipinski definition) is 7. The number of H-pyrrole nitrogens is 1. The Morgan fingerprint density at radius 1 is 1.05 bits per heavy atom. The number of aromatic nitrogens is 5. The fourth-order valence-corrected chi connectivity index (χ4v) is 5.83. The molecule has 1 aromatic carbocycles. The first-order chi connectivity index (χ1) is 20.3. The summed E-state index contributed by atoms with van der Waals surface area (Å²) >= 11 is 0. The number of rotatable bonds is 10. The van der Waals surface area contributed by atoms with Crippen molar-refractivity contribution in [1.82, 2.24) is 29.4 Å². The van der Waals surface area contributed by atoms with Crippen molar-refractivity contribution in [2.75, 3.05) is 39.7 Å². The molecule has 230 valence electrons. The molecule has 0 amide bonds. The van der Waals surface area contributed by atoms with E-state index in [2.05, 4.69) is 54.0 Å². The van der Waals surface area contributed by atoms with Gasteiger partial charge in [0.15, 0.2) is 0 Å². The highest BCUT2D eigenvalue weighted by Gasteiger charge is 2.31. The van der Waals surface area contributed by atoms with Crippen LogP contribution in [0.25, 0.3) is 22.1 Å². The number of halogens is 3.